The standard InChI is InChI=1S/C18H16BrFN2O3/c1-12(25-16-9-5-4-8-15(16)20)18(24)22-21-17(23)11-10-13-6-2-3-7-14(13)19/h2-12H,1H3,(H,21,23)(H,22,24). The molecule has 1 atom stereocenters. The summed E-state index contributed by atoms with van der Waals surface area (Å²) in [4.78, 5) is 23.6. The van der Waals surface area contributed by atoms with E-state index in [2.05, 4.69) is 26.8 Å². The molecule has 130 valence electrons. The van der Waals surface area contributed by atoms with Crippen LogP contribution in [0.15, 0.2) is 59.1 Å². The zero-order valence-electron chi connectivity index (χ0n) is 13.3. The quantitative estimate of drug-likeness (QED) is 0.591. The molecule has 25 heavy (non-hydrogen) atoms. The topological polar surface area (TPSA) is 67.4 Å². The largest absolute Gasteiger partial charge is 0.478 e. The number of benzene rings is 2. The molecule has 2 rings (SSSR count). The van der Waals surface area contributed by atoms with Crippen LogP contribution in [0.25, 0.3) is 6.08 Å². The fourth-order valence-electron chi connectivity index (χ4n) is 1.83. The lowest BCUT2D eigenvalue weighted by Gasteiger charge is -2.15. The lowest BCUT2D eigenvalue weighted by Crippen LogP contribution is -2.46. The van der Waals surface area contributed by atoms with Gasteiger partial charge in [-0.1, -0.05) is 46.3 Å². The molecule has 0 spiro atoms. The fraction of sp³-hybridized carbons (Fsp3) is 0.111. The molecule has 2 aromatic rings. The van der Waals surface area contributed by atoms with E-state index in [1.807, 2.05) is 24.3 Å². The number of hydrazine groups is 1. The first-order valence-electron chi connectivity index (χ1n) is 7.41. The van der Waals surface area contributed by atoms with Gasteiger partial charge in [-0.3, -0.25) is 20.4 Å². The van der Waals surface area contributed by atoms with Crippen molar-refractivity contribution in [3.8, 4) is 5.75 Å². The van der Waals surface area contributed by atoms with Gasteiger partial charge in [0.2, 0.25) is 0 Å². The van der Waals surface area contributed by atoms with Crippen molar-refractivity contribution in [3.05, 3.63) is 70.5 Å². The van der Waals surface area contributed by atoms with E-state index >= 15 is 0 Å². The number of para-hydroxylation sites is 1. The molecule has 0 fully saturated rings. The van der Waals surface area contributed by atoms with Crippen molar-refractivity contribution in [2.45, 2.75) is 13.0 Å². The van der Waals surface area contributed by atoms with Crippen LogP contribution in [-0.2, 0) is 9.59 Å². The van der Waals surface area contributed by atoms with E-state index in [1.165, 1.54) is 31.2 Å². The number of carbonyl (C=O) groups excluding carboxylic acids is 2. The van der Waals surface area contributed by atoms with Gasteiger partial charge in [0.1, 0.15) is 0 Å². The molecule has 7 heteroatoms. The van der Waals surface area contributed by atoms with Gasteiger partial charge < -0.3 is 4.74 Å². The second-order valence-electron chi connectivity index (χ2n) is 5.02. The fourth-order valence-corrected chi connectivity index (χ4v) is 2.24. The number of hydrogen-bond acceptors (Lipinski definition) is 3. The molecule has 0 aliphatic heterocycles. The van der Waals surface area contributed by atoms with Crippen molar-refractivity contribution in [2.75, 3.05) is 0 Å². The van der Waals surface area contributed by atoms with Gasteiger partial charge in [-0.25, -0.2) is 4.39 Å². The highest BCUT2D eigenvalue weighted by atomic mass is 79.9. The van der Waals surface area contributed by atoms with Gasteiger partial charge >= 0.3 is 0 Å². The molecule has 0 heterocycles. The van der Waals surface area contributed by atoms with Crippen molar-refractivity contribution in [3.63, 3.8) is 0 Å². The number of rotatable bonds is 5. The first-order valence-corrected chi connectivity index (χ1v) is 8.20. The lowest BCUT2D eigenvalue weighted by atomic mass is 10.2. The van der Waals surface area contributed by atoms with Gasteiger partial charge in [0, 0.05) is 10.5 Å². The van der Waals surface area contributed by atoms with Crippen LogP contribution < -0.4 is 15.6 Å². The normalized spacial score (nSPS) is 11.8. The molecule has 2 amide bonds. The molecule has 5 nitrogen and oxygen atoms in total. The van der Waals surface area contributed by atoms with E-state index < -0.39 is 23.7 Å². The third kappa shape index (κ3) is 5.72. The Kier molecular flexibility index (Phi) is 6.71. The summed E-state index contributed by atoms with van der Waals surface area (Å²) in [7, 11) is 0. The Morgan fingerprint density at radius 2 is 1.80 bits per heavy atom. The van der Waals surface area contributed by atoms with Crippen LogP contribution >= 0.6 is 15.9 Å². The van der Waals surface area contributed by atoms with Crippen LogP contribution in [0, 0.1) is 5.82 Å². The van der Waals surface area contributed by atoms with Crippen molar-refractivity contribution in [1.82, 2.24) is 10.9 Å². The third-order valence-electron chi connectivity index (χ3n) is 3.14. The first kappa shape index (κ1) is 18.7. The van der Waals surface area contributed by atoms with Gasteiger partial charge in [0.25, 0.3) is 11.8 Å². The van der Waals surface area contributed by atoms with Gasteiger partial charge in [0.05, 0.1) is 0 Å². The van der Waals surface area contributed by atoms with Crippen LogP contribution in [-0.4, -0.2) is 17.9 Å². The highest BCUT2D eigenvalue weighted by Crippen LogP contribution is 2.17. The summed E-state index contributed by atoms with van der Waals surface area (Å²) in [6.45, 7) is 1.45. The molecule has 0 radical (unpaired) electrons. The Bertz CT molecular complexity index is 795. The number of hydrogen-bond donors (Lipinski definition) is 2. The van der Waals surface area contributed by atoms with E-state index in [0.29, 0.717) is 0 Å². The van der Waals surface area contributed by atoms with E-state index in [1.54, 1.807) is 12.1 Å². The summed E-state index contributed by atoms with van der Waals surface area (Å²) in [5.41, 5.74) is 5.28. The van der Waals surface area contributed by atoms with Crippen molar-refractivity contribution in [1.29, 1.82) is 0 Å². The zero-order chi connectivity index (χ0) is 18.2. The Hall–Kier alpha value is -2.67. The van der Waals surface area contributed by atoms with Gasteiger partial charge in [-0.2, -0.15) is 0 Å². The molecule has 0 aromatic heterocycles. The highest BCUT2D eigenvalue weighted by Gasteiger charge is 2.16. The van der Waals surface area contributed by atoms with Crippen LogP contribution in [0.3, 0.4) is 0 Å². The molecule has 2 aromatic carbocycles. The van der Waals surface area contributed by atoms with E-state index in [0.717, 1.165) is 10.0 Å². The first-order chi connectivity index (χ1) is 12.0. The number of nitrogens with one attached hydrogen (secondary N) is 2. The highest BCUT2D eigenvalue weighted by molar-refractivity contribution is 9.10. The molecule has 0 saturated carbocycles. The molecule has 0 saturated heterocycles. The molecular formula is C18H16BrFN2O3. The van der Waals surface area contributed by atoms with Crippen LogP contribution in [0.4, 0.5) is 4.39 Å². The van der Waals surface area contributed by atoms with Crippen LogP contribution in [0.1, 0.15) is 12.5 Å². The second kappa shape index (κ2) is 8.98. The molecule has 2 N–H and O–H groups in total. The molecule has 0 bridgehead atoms. The maximum atomic E-state index is 13.5. The summed E-state index contributed by atoms with van der Waals surface area (Å²) in [5.74, 6) is -1.72. The minimum absolute atomic E-state index is 0.0368. The molecule has 1 unspecified atom stereocenters. The smallest absolute Gasteiger partial charge is 0.279 e. The van der Waals surface area contributed by atoms with Gasteiger partial charge in [-0.15, -0.1) is 0 Å². The van der Waals surface area contributed by atoms with Crippen molar-refractivity contribution >= 4 is 33.8 Å². The Morgan fingerprint density at radius 1 is 1.12 bits per heavy atom. The average molecular weight is 407 g/mol. The maximum absolute atomic E-state index is 13.5. The van der Waals surface area contributed by atoms with Crippen LogP contribution in [0.5, 0.6) is 5.75 Å². The lowest BCUT2D eigenvalue weighted by molar-refractivity contribution is -0.131. The summed E-state index contributed by atoms with van der Waals surface area (Å²) in [6.07, 6.45) is 1.90. The minimum atomic E-state index is -0.982. The number of amides is 2. The van der Waals surface area contributed by atoms with Gasteiger partial charge in [-0.05, 0) is 36.8 Å². The Morgan fingerprint density at radius 3 is 2.52 bits per heavy atom. The summed E-state index contributed by atoms with van der Waals surface area (Å²) < 4.78 is 19.5. The van der Waals surface area contributed by atoms with E-state index in [9.17, 15) is 14.0 Å². The van der Waals surface area contributed by atoms with E-state index in [4.69, 9.17) is 4.74 Å². The predicted octanol–water partition coefficient (Wildman–Crippen LogP) is 3.22. The van der Waals surface area contributed by atoms with Crippen molar-refractivity contribution < 1.29 is 18.7 Å². The monoisotopic (exact) mass is 406 g/mol. The molecule has 0 aliphatic carbocycles. The van der Waals surface area contributed by atoms with Gasteiger partial charge in [0.15, 0.2) is 17.7 Å². The molecular weight excluding hydrogens is 391 g/mol. The van der Waals surface area contributed by atoms with Crippen LogP contribution in [0.2, 0.25) is 0 Å². The number of ether oxygens (including phenoxy) is 1. The number of halogens is 2. The zero-order valence-corrected chi connectivity index (χ0v) is 14.9. The Balaban J connectivity index is 1.83. The Labute approximate surface area is 153 Å². The average Bonchev–Trinajstić information content (AvgIpc) is 2.60. The SMILES string of the molecule is CC(Oc1ccccc1F)C(=O)NNC(=O)C=Cc1ccccc1Br. The second-order valence-corrected chi connectivity index (χ2v) is 5.88. The summed E-state index contributed by atoms with van der Waals surface area (Å²) in [6, 6.07) is 13.1. The minimum Gasteiger partial charge on any atom is -0.478 e. The van der Waals surface area contributed by atoms with Crippen molar-refractivity contribution in [2.24, 2.45) is 0 Å². The summed E-state index contributed by atoms with van der Waals surface area (Å²) in [5, 5.41) is 0. The summed E-state index contributed by atoms with van der Waals surface area (Å²) >= 11 is 3.37. The predicted molar refractivity (Wildman–Crippen MR) is 96.0 cm³/mol. The number of carbonyl (C=O) groups is 2. The maximum Gasteiger partial charge on any atom is 0.279 e. The third-order valence-corrected chi connectivity index (χ3v) is 3.86. The molecule has 0 aliphatic rings. The van der Waals surface area contributed by atoms with E-state index in [-0.39, 0.29) is 5.75 Å².